The standard InChI is InChI=1S/C20H15FN2O5S/c21-15-4-1-5-17-14(15)10-18(29-17)20(25)28-11-19(24)22-8-2-3-12-9-13(23(26)27)6-7-16(12)22/h1,4-7,9-10H,2-3,8,11H2. The third kappa shape index (κ3) is 3.68. The minimum atomic E-state index is -0.695. The molecule has 1 amide bonds. The number of benzene rings is 2. The highest BCUT2D eigenvalue weighted by atomic mass is 32.1. The van der Waals surface area contributed by atoms with Crippen LogP contribution in [0.25, 0.3) is 10.1 Å². The van der Waals surface area contributed by atoms with Crippen LogP contribution in [0, 0.1) is 15.9 Å². The summed E-state index contributed by atoms with van der Waals surface area (Å²) in [5.41, 5.74) is 1.28. The Bertz CT molecular complexity index is 1140. The minimum absolute atomic E-state index is 0.0264. The molecule has 0 radical (unpaired) electrons. The van der Waals surface area contributed by atoms with Crippen LogP contribution in [-0.2, 0) is 16.0 Å². The molecule has 148 valence electrons. The summed E-state index contributed by atoms with van der Waals surface area (Å²) < 4.78 is 19.5. The topological polar surface area (TPSA) is 89.8 Å². The average molecular weight is 414 g/mol. The maximum Gasteiger partial charge on any atom is 0.348 e. The zero-order chi connectivity index (χ0) is 20.5. The van der Waals surface area contributed by atoms with Crippen molar-refractivity contribution >= 4 is 44.7 Å². The summed E-state index contributed by atoms with van der Waals surface area (Å²) in [4.78, 5) is 37.1. The number of hydrogen-bond donors (Lipinski definition) is 0. The molecule has 0 atom stereocenters. The summed E-state index contributed by atoms with van der Waals surface area (Å²) in [7, 11) is 0. The van der Waals surface area contributed by atoms with Gasteiger partial charge in [0.15, 0.2) is 6.61 Å². The Morgan fingerprint density at radius 3 is 2.83 bits per heavy atom. The van der Waals surface area contributed by atoms with Crippen LogP contribution in [0.3, 0.4) is 0 Å². The number of carbonyl (C=O) groups is 2. The van der Waals surface area contributed by atoms with E-state index in [0.717, 1.165) is 11.3 Å². The van der Waals surface area contributed by atoms with Gasteiger partial charge in [-0.25, -0.2) is 9.18 Å². The zero-order valence-electron chi connectivity index (χ0n) is 15.1. The second-order valence-corrected chi connectivity index (χ2v) is 7.64. The van der Waals surface area contributed by atoms with Crippen LogP contribution in [0.5, 0.6) is 0 Å². The lowest BCUT2D eigenvalue weighted by molar-refractivity contribution is -0.384. The summed E-state index contributed by atoms with van der Waals surface area (Å²) >= 11 is 1.10. The number of nitro groups is 1. The normalized spacial score (nSPS) is 13.2. The number of hydrogen-bond acceptors (Lipinski definition) is 6. The fourth-order valence-corrected chi connectivity index (χ4v) is 4.33. The number of aryl methyl sites for hydroxylation is 1. The Morgan fingerprint density at radius 1 is 1.24 bits per heavy atom. The third-order valence-electron chi connectivity index (χ3n) is 4.73. The van der Waals surface area contributed by atoms with Gasteiger partial charge in [0.05, 0.1) is 4.92 Å². The second-order valence-electron chi connectivity index (χ2n) is 6.56. The number of nitro benzene ring substituents is 1. The Labute approximate surface area is 168 Å². The van der Waals surface area contributed by atoms with E-state index in [1.807, 2.05) is 0 Å². The van der Waals surface area contributed by atoms with Crippen LogP contribution in [0.15, 0.2) is 42.5 Å². The zero-order valence-corrected chi connectivity index (χ0v) is 15.9. The van der Waals surface area contributed by atoms with Crippen molar-refractivity contribution in [3.05, 3.63) is 68.8 Å². The van der Waals surface area contributed by atoms with E-state index in [2.05, 4.69) is 0 Å². The van der Waals surface area contributed by atoms with Crippen molar-refractivity contribution in [1.29, 1.82) is 0 Å². The van der Waals surface area contributed by atoms with Crippen molar-refractivity contribution in [3.8, 4) is 0 Å². The molecular formula is C20H15FN2O5S. The molecule has 0 saturated carbocycles. The van der Waals surface area contributed by atoms with Crippen LogP contribution in [0.2, 0.25) is 0 Å². The first-order chi connectivity index (χ1) is 13.9. The van der Waals surface area contributed by atoms with Gasteiger partial charge in [-0.3, -0.25) is 14.9 Å². The van der Waals surface area contributed by atoms with Gasteiger partial charge >= 0.3 is 5.97 Å². The van der Waals surface area contributed by atoms with Gasteiger partial charge in [-0.1, -0.05) is 6.07 Å². The molecule has 2 heterocycles. The van der Waals surface area contributed by atoms with E-state index >= 15 is 0 Å². The molecule has 0 spiro atoms. The molecular weight excluding hydrogens is 399 g/mol. The van der Waals surface area contributed by atoms with E-state index in [9.17, 15) is 24.1 Å². The molecule has 2 aromatic carbocycles. The lowest BCUT2D eigenvalue weighted by Gasteiger charge is -2.29. The molecule has 1 aliphatic rings. The number of nitrogens with zero attached hydrogens (tertiary/aromatic N) is 2. The predicted molar refractivity (Wildman–Crippen MR) is 106 cm³/mol. The molecule has 1 aromatic heterocycles. The number of anilines is 1. The first kappa shape index (κ1) is 19.0. The van der Waals surface area contributed by atoms with Gasteiger partial charge in [-0.15, -0.1) is 11.3 Å². The highest BCUT2D eigenvalue weighted by Gasteiger charge is 2.25. The van der Waals surface area contributed by atoms with E-state index in [-0.39, 0.29) is 10.6 Å². The summed E-state index contributed by atoms with van der Waals surface area (Å²) in [6, 6.07) is 10.3. The SMILES string of the molecule is O=C(OCC(=O)N1CCCc2cc([N+](=O)[O-])ccc21)c1cc2c(F)cccc2s1. The molecule has 4 rings (SSSR count). The number of halogens is 1. The van der Waals surface area contributed by atoms with Gasteiger partial charge in [-0.05, 0) is 42.7 Å². The van der Waals surface area contributed by atoms with Crippen LogP contribution in [0.1, 0.15) is 21.7 Å². The summed E-state index contributed by atoms with van der Waals surface area (Å²) in [6.07, 6.45) is 1.29. The van der Waals surface area contributed by atoms with Crippen molar-refractivity contribution < 1.29 is 23.6 Å². The molecule has 29 heavy (non-hydrogen) atoms. The lowest BCUT2D eigenvalue weighted by Crippen LogP contribution is -2.38. The molecule has 0 saturated heterocycles. The van der Waals surface area contributed by atoms with E-state index in [1.165, 1.54) is 29.2 Å². The smallest absolute Gasteiger partial charge is 0.348 e. The Morgan fingerprint density at radius 2 is 2.07 bits per heavy atom. The first-order valence-electron chi connectivity index (χ1n) is 8.87. The molecule has 7 nitrogen and oxygen atoms in total. The summed E-state index contributed by atoms with van der Waals surface area (Å²) in [5.74, 6) is -1.53. The number of carbonyl (C=O) groups excluding carboxylic acids is 2. The molecule has 0 bridgehead atoms. The Kier molecular flexibility index (Phi) is 4.98. The van der Waals surface area contributed by atoms with Gasteiger partial charge < -0.3 is 9.64 Å². The monoisotopic (exact) mass is 414 g/mol. The number of rotatable bonds is 4. The molecule has 0 unspecified atom stereocenters. The summed E-state index contributed by atoms with van der Waals surface area (Å²) in [5, 5.41) is 11.3. The van der Waals surface area contributed by atoms with E-state index in [0.29, 0.717) is 40.7 Å². The number of fused-ring (bicyclic) bond motifs is 2. The molecule has 9 heteroatoms. The van der Waals surface area contributed by atoms with Crippen LogP contribution in [-0.4, -0.2) is 30.0 Å². The number of non-ortho nitro benzene ring substituents is 1. The predicted octanol–water partition coefficient (Wildman–Crippen LogP) is 4.08. The van der Waals surface area contributed by atoms with Gasteiger partial charge in [0.1, 0.15) is 10.7 Å². The molecule has 0 N–H and O–H groups in total. The highest BCUT2D eigenvalue weighted by Crippen LogP contribution is 2.31. The second kappa shape index (κ2) is 7.59. The number of amides is 1. The molecule has 1 aliphatic heterocycles. The minimum Gasteiger partial charge on any atom is -0.451 e. The van der Waals surface area contributed by atoms with Crippen molar-refractivity contribution in [1.82, 2.24) is 0 Å². The van der Waals surface area contributed by atoms with Gasteiger partial charge in [0.25, 0.3) is 11.6 Å². The quantitative estimate of drug-likeness (QED) is 0.364. The third-order valence-corrected chi connectivity index (χ3v) is 5.81. The lowest BCUT2D eigenvalue weighted by atomic mass is 10.0. The van der Waals surface area contributed by atoms with Crippen molar-refractivity contribution in [2.75, 3.05) is 18.1 Å². The Balaban J connectivity index is 1.46. The summed E-state index contributed by atoms with van der Waals surface area (Å²) in [6.45, 7) is -0.0265. The van der Waals surface area contributed by atoms with Gasteiger partial charge in [-0.2, -0.15) is 0 Å². The van der Waals surface area contributed by atoms with Crippen molar-refractivity contribution in [2.24, 2.45) is 0 Å². The fourth-order valence-electron chi connectivity index (χ4n) is 3.36. The first-order valence-corrected chi connectivity index (χ1v) is 9.68. The number of esters is 1. The van der Waals surface area contributed by atoms with E-state index < -0.39 is 29.2 Å². The number of thiophene rings is 1. The van der Waals surface area contributed by atoms with Crippen LogP contribution >= 0.6 is 11.3 Å². The highest BCUT2D eigenvalue weighted by molar-refractivity contribution is 7.20. The maximum atomic E-state index is 13.8. The average Bonchev–Trinajstić information content (AvgIpc) is 3.16. The molecule has 0 aliphatic carbocycles. The van der Waals surface area contributed by atoms with Crippen LogP contribution < -0.4 is 4.90 Å². The van der Waals surface area contributed by atoms with Crippen molar-refractivity contribution in [3.63, 3.8) is 0 Å². The fraction of sp³-hybridized carbons (Fsp3) is 0.200. The largest absolute Gasteiger partial charge is 0.451 e. The van der Waals surface area contributed by atoms with Gasteiger partial charge in [0.2, 0.25) is 0 Å². The maximum absolute atomic E-state index is 13.8. The molecule has 0 fully saturated rings. The molecule has 3 aromatic rings. The van der Waals surface area contributed by atoms with Gasteiger partial charge in [0, 0.05) is 34.5 Å². The van der Waals surface area contributed by atoms with E-state index in [1.54, 1.807) is 18.2 Å². The van der Waals surface area contributed by atoms with Crippen LogP contribution in [0.4, 0.5) is 15.8 Å². The van der Waals surface area contributed by atoms with Crippen molar-refractivity contribution in [2.45, 2.75) is 12.8 Å². The Hall–Kier alpha value is -3.33. The van der Waals surface area contributed by atoms with E-state index in [4.69, 9.17) is 4.74 Å². The number of ether oxygens (including phenoxy) is 1.